The van der Waals surface area contributed by atoms with Crippen molar-refractivity contribution < 1.29 is 19.1 Å². The van der Waals surface area contributed by atoms with Gasteiger partial charge < -0.3 is 10.1 Å². The predicted octanol–water partition coefficient (Wildman–Crippen LogP) is 6.93. The third-order valence-corrected chi connectivity index (χ3v) is 11.1. The number of nitrogens with zero attached hydrogens (tertiary/aromatic N) is 2. The van der Waals surface area contributed by atoms with Crippen LogP contribution in [-0.4, -0.2) is 39.1 Å². The minimum Gasteiger partial charge on any atom is -0.447 e. The summed E-state index contributed by atoms with van der Waals surface area (Å²) in [6, 6.07) is 35.0. The fraction of sp³-hybridized carbons (Fsp3) is 0.114. The molecule has 5 aromatic rings. The number of hydrogen-bond donors (Lipinski definition) is 1. The van der Waals surface area contributed by atoms with Gasteiger partial charge in [0.05, 0.1) is 16.6 Å². The average molecular weight is 650 g/mol. The van der Waals surface area contributed by atoms with Gasteiger partial charge in [-0.05, 0) is 39.6 Å². The van der Waals surface area contributed by atoms with Gasteiger partial charge in [0.15, 0.2) is 16.1 Å². The highest BCUT2D eigenvalue weighted by molar-refractivity contribution is 8.77. The molecule has 0 saturated carbocycles. The van der Waals surface area contributed by atoms with Gasteiger partial charge in [0.25, 0.3) is 5.91 Å². The number of β-lactam (4-membered cyclic amide) rings is 1. The van der Waals surface area contributed by atoms with E-state index in [9.17, 15) is 14.4 Å². The van der Waals surface area contributed by atoms with E-state index >= 15 is 0 Å². The Morgan fingerprint density at radius 2 is 1.51 bits per heavy atom. The van der Waals surface area contributed by atoms with Crippen molar-refractivity contribution in [3.05, 3.63) is 150 Å². The number of thiazole rings is 1. The van der Waals surface area contributed by atoms with Crippen LogP contribution in [0.1, 0.15) is 22.8 Å². The van der Waals surface area contributed by atoms with Crippen molar-refractivity contribution >= 4 is 60.9 Å². The van der Waals surface area contributed by atoms with Crippen LogP contribution in [0.15, 0.2) is 138 Å². The van der Waals surface area contributed by atoms with Crippen LogP contribution in [0.3, 0.4) is 0 Å². The lowest BCUT2D eigenvalue weighted by atomic mass is 10.0. The largest absolute Gasteiger partial charge is 0.447 e. The van der Waals surface area contributed by atoms with Crippen LogP contribution in [0, 0.1) is 0 Å². The highest BCUT2D eigenvalue weighted by atomic mass is 33.1. The van der Waals surface area contributed by atoms with Crippen LogP contribution in [0.5, 0.6) is 0 Å². The normalized spacial score (nSPS) is 15.8. The summed E-state index contributed by atoms with van der Waals surface area (Å²) in [5.74, 6) is -1.49. The molecule has 1 aliphatic heterocycles. The third-order valence-electron chi connectivity index (χ3n) is 7.09. The summed E-state index contributed by atoms with van der Waals surface area (Å²) in [5.41, 5.74) is 5.80. The molecule has 1 saturated heterocycles. The molecule has 10 heteroatoms. The van der Waals surface area contributed by atoms with Crippen LogP contribution in [0.25, 0.3) is 10.2 Å². The zero-order chi connectivity index (χ0) is 31.2. The second-order valence-corrected chi connectivity index (χ2v) is 13.7. The zero-order valence-electron chi connectivity index (χ0n) is 23.9. The highest BCUT2D eigenvalue weighted by Gasteiger charge is 2.52. The maximum Gasteiger partial charge on any atom is 0.364 e. The van der Waals surface area contributed by atoms with E-state index in [1.165, 1.54) is 37.8 Å². The summed E-state index contributed by atoms with van der Waals surface area (Å²) in [6.07, 6.45) is -0.598. The number of esters is 1. The van der Waals surface area contributed by atoms with Crippen molar-refractivity contribution in [1.29, 1.82) is 0 Å². The van der Waals surface area contributed by atoms with Crippen LogP contribution >= 0.6 is 32.9 Å². The lowest BCUT2D eigenvalue weighted by Gasteiger charge is -2.45. The molecule has 1 aliphatic rings. The first kappa shape index (κ1) is 30.4. The lowest BCUT2D eigenvalue weighted by Crippen LogP contribution is -2.69. The van der Waals surface area contributed by atoms with Crippen molar-refractivity contribution in [2.45, 2.75) is 28.3 Å². The van der Waals surface area contributed by atoms with Crippen molar-refractivity contribution in [1.82, 2.24) is 15.2 Å². The summed E-state index contributed by atoms with van der Waals surface area (Å²) < 4.78 is 7.87. The number of carbonyl (C=O) groups is 3. The molecule has 2 amide bonds. The Morgan fingerprint density at radius 3 is 2.13 bits per heavy atom. The van der Waals surface area contributed by atoms with Gasteiger partial charge in [-0.25, -0.2) is 9.78 Å². The van der Waals surface area contributed by atoms with Crippen molar-refractivity contribution in [2.24, 2.45) is 0 Å². The molecule has 6 rings (SSSR count). The van der Waals surface area contributed by atoms with Gasteiger partial charge in [0.1, 0.15) is 11.4 Å². The summed E-state index contributed by atoms with van der Waals surface area (Å²) in [5, 5.41) is 2.23. The molecule has 0 aliphatic carbocycles. The molecular formula is C35H27N3O4S3. The Kier molecular flexibility index (Phi) is 9.47. The minimum absolute atomic E-state index is 0.118. The van der Waals surface area contributed by atoms with Crippen LogP contribution in [-0.2, 0) is 25.5 Å². The molecular weight excluding hydrogens is 623 g/mol. The highest BCUT2D eigenvalue weighted by Crippen LogP contribution is 2.45. The first-order valence-corrected chi connectivity index (χ1v) is 17.1. The average Bonchev–Trinajstić information content (AvgIpc) is 3.50. The minimum atomic E-state index is -0.872. The van der Waals surface area contributed by atoms with Crippen LogP contribution in [0.4, 0.5) is 0 Å². The van der Waals surface area contributed by atoms with Crippen LogP contribution < -0.4 is 5.32 Å². The molecule has 224 valence electrons. The molecule has 0 radical (unpaired) electrons. The SMILES string of the molecule is C=C=C(C(=O)OC(c1ccccc1)c1ccccc1)N1C(=O)[C@@H](NC(=O)Cc2ccccc2)[C@H]1SSc1nc2ccccc2s1. The molecule has 1 fully saturated rings. The first-order valence-electron chi connectivity index (χ1n) is 14.1. The molecule has 0 bridgehead atoms. The van der Waals surface area contributed by atoms with Crippen LogP contribution in [0.2, 0.25) is 0 Å². The number of para-hydroxylation sites is 1. The molecule has 1 aromatic heterocycles. The van der Waals surface area contributed by atoms with E-state index in [0.717, 1.165) is 31.2 Å². The van der Waals surface area contributed by atoms with E-state index in [2.05, 4.69) is 22.6 Å². The fourth-order valence-electron chi connectivity index (χ4n) is 4.92. The standard InChI is InChI=1S/C35H27N3O4S3/c1-2-27(34(41)42-31(24-16-8-4-9-17-24)25-18-10-5-11-19-25)38-32(40)30(37-29(39)22-23-14-6-3-7-15-23)33(38)44-45-35-36-26-20-12-13-21-28(26)43-35/h3-21,30-31,33H,1,22H2,(H,37,39)/t30-,33-/m1/s1. The smallest absolute Gasteiger partial charge is 0.364 e. The molecule has 2 atom stereocenters. The first-order chi connectivity index (χ1) is 22.0. The Morgan fingerprint density at radius 1 is 0.911 bits per heavy atom. The van der Waals surface area contributed by atoms with E-state index in [-0.39, 0.29) is 18.0 Å². The number of aromatic nitrogens is 1. The van der Waals surface area contributed by atoms with Gasteiger partial charge in [0, 0.05) is 0 Å². The number of rotatable bonds is 11. The molecule has 4 aromatic carbocycles. The van der Waals surface area contributed by atoms with Crippen molar-refractivity contribution in [3.63, 3.8) is 0 Å². The number of amides is 2. The summed E-state index contributed by atoms with van der Waals surface area (Å²) in [6.45, 7) is 3.73. The number of hydrogen-bond acceptors (Lipinski definition) is 8. The number of fused-ring (bicyclic) bond motifs is 1. The zero-order valence-corrected chi connectivity index (χ0v) is 26.3. The summed E-state index contributed by atoms with van der Waals surface area (Å²) in [4.78, 5) is 46.4. The van der Waals surface area contributed by atoms with Gasteiger partial charge >= 0.3 is 5.97 Å². The molecule has 0 unspecified atom stereocenters. The van der Waals surface area contributed by atoms with Crippen molar-refractivity contribution in [3.8, 4) is 0 Å². The number of ether oxygens (including phenoxy) is 1. The number of nitrogens with one attached hydrogen (secondary N) is 1. The number of likely N-dealkylation sites (tertiary alicyclic amines) is 1. The molecule has 0 spiro atoms. The van der Waals surface area contributed by atoms with E-state index in [4.69, 9.17) is 4.74 Å². The Balaban J connectivity index is 1.24. The number of carbonyl (C=O) groups excluding carboxylic acids is 3. The Bertz CT molecular complexity index is 1800. The van der Waals surface area contributed by atoms with E-state index < -0.39 is 29.4 Å². The van der Waals surface area contributed by atoms with Crippen molar-refractivity contribution in [2.75, 3.05) is 0 Å². The quantitative estimate of drug-likeness (QED) is 0.0546. The molecule has 1 N–H and O–H groups in total. The second kappa shape index (κ2) is 14.0. The summed E-state index contributed by atoms with van der Waals surface area (Å²) in [7, 11) is 2.71. The van der Waals surface area contributed by atoms with E-state index in [1.807, 2.05) is 115 Å². The van der Waals surface area contributed by atoms with Gasteiger partial charge in [0.2, 0.25) is 5.91 Å². The van der Waals surface area contributed by atoms with Gasteiger partial charge in [-0.3, -0.25) is 14.5 Å². The Labute approximate surface area is 272 Å². The van der Waals surface area contributed by atoms with Gasteiger partial charge in [-0.15, -0.1) is 11.3 Å². The monoisotopic (exact) mass is 649 g/mol. The second-order valence-electron chi connectivity index (χ2n) is 10.1. The predicted molar refractivity (Wildman–Crippen MR) is 179 cm³/mol. The molecule has 45 heavy (non-hydrogen) atoms. The topological polar surface area (TPSA) is 88.6 Å². The molecule has 2 heterocycles. The number of benzene rings is 4. The fourth-order valence-corrected chi connectivity index (χ4v) is 8.83. The van der Waals surface area contributed by atoms with E-state index in [0.29, 0.717) is 0 Å². The van der Waals surface area contributed by atoms with Gasteiger partial charge in [-0.2, -0.15) is 0 Å². The van der Waals surface area contributed by atoms with E-state index in [1.54, 1.807) is 0 Å². The Hall–Kier alpha value is -4.60. The summed E-state index contributed by atoms with van der Waals surface area (Å²) >= 11 is 1.53. The maximum absolute atomic E-state index is 13.7. The lowest BCUT2D eigenvalue weighted by molar-refractivity contribution is -0.154. The van der Waals surface area contributed by atoms with Gasteiger partial charge in [-0.1, -0.05) is 126 Å². The molecule has 7 nitrogen and oxygen atoms in total. The maximum atomic E-state index is 13.7. The third kappa shape index (κ3) is 6.90.